The summed E-state index contributed by atoms with van der Waals surface area (Å²) in [4.78, 5) is 11.0. The molecule has 3 nitrogen and oxygen atoms in total. The molecule has 0 radical (unpaired) electrons. The standard InChI is InChI=1S/C12H14BrNO2/c13-10-3-1-8(2-4-10)9-5-6-12(14,7-9)11(15)16/h1-4,9H,5-7,14H2,(H,15,16)/t9-,12-/m0/s1. The van der Waals surface area contributed by atoms with Crippen LogP contribution in [0.4, 0.5) is 0 Å². The topological polar surface area (TPSA) is 63.3 Å². The molecule has 1 aliphatic rings. The third kappa shape index (κ3) is 2.13. The van der Waals surface area contributed by atoms with Crippen molar-refractivity contribution in [1.82, 2.24) is 0 Å². The van der Waals surface area contributed by atoms with E-state index in [1.54, 1.807) is 0 Å². The Bertz CT molecular complexity index is 404. The van der Waals surface area contributed by atoms with E-state index in [1.165, 1.54) is 5.56 Å². The molecule has 2 atom stereocenters. The maximum absolute atomic E-state index is 11.0. The third-order valence-corrected chi connectivity index (χ3v) is 3.85. The molecule has 0 unspecified atom stereocenters. The summed E-state index contributed by atoms with van der Waals surface area (Å²) in [7, 11) is 0. The molecular formula is C12H14BrNO2. The summed E-state index contributed by atoms with van der Waals surface area (Å²) >= 11 is 3.38. The van der Waals surface area contributed by atoms with Gasteiger partial charge in [0, 0.05) is 4.47 Å². The van der Waals surface area contributed by atoms with Crippen LogP contribution < -0.4 is 5.73 Å². The first kappa shape index (κ1) is 11.6. The minimum atomic E-state index is -1.03. The van der Waals surface area contributed by atoms with E-state index in [1.807, 2.05) is 24.3 Å². The lowest BCUT2D eigenvalue weighted by Gasteiger charge is -2.18. The molecule has 1 fully saturated rings. The largest absolute Gasteiger partial charge is 0.480 e. The summed E-state index contributed by atoms with van der Waals surface area (Å²) in [6.45, 7) is 0. The van der Waals surface area contributed by atoms with Crippen molar-refractivity contribution >= 4 is 21.9 Å². The van der Waals surface area contributed by atoms with Gasteiger partial charge >= 0.3 is 5.97 Å². The normalized spacial score (nSPS) is 29.2. The van der Waals surface area contributed by atoms with Gasteiger partial charge in [-0.1, -0.05) is 28.1 Å². The minimum Gasteiger partial charge on any atom is -0.480 e. The van der Waals surface area contributed by atoms with Crippen molar-refractivity contribution in [1.29, 1.82) is 0 Å². The molecule has 0 aliphatic heterocycles. The van der Waals surface area contributed by atoms with Crippen LogP contribution in [0.2, 0.25) is 0 Å². The SMILES string of the molecule is N[C@@]1(C(=O)O)CC[C@H](c2ccc(Br)cc2)C1. The second kappa shape index (κ2) is 4.18. The molecule has 2 rings (SSSR count). The number of nitrogens with two attached hydrogens (primary N) is 1. The van der Waals surface area contributed by atoms with Crippen LogP contribution in [0.3, 0.4) is 0 Å². The molecule has 16 heavy (non-hydrogen) atoms. The molecule has 0 heterocycles. The van der Waals surface area contributed by atoms with E-state index in [0.717, 1.165) is 10.9 Å². The summed E-state index contributed by atoms with van der Waals surface area (Å²) in [5.74, 6) is -0.610. The van der Waals surface area contributed by atoms with Crippen LogP contribution in [0.25, 0.3) is 0 Å². The van der Waals surface area contributed by atoms with Crippen molar-refractivity contribution in [3.8, 4) is 0 Å². The Balaban J connectivity index is 2.15. The second-order valence-electron chi connectivity index (χ2n) is 4.45. The Hall–Kier alpha value is -0.870. The average molecular weight is 284 g/mol. The van der Waals surface area contributed by atoms with Crippen molar-refractivity contribution < 1.29 is 9.90 Å². The summed E-state index contributed by atoms with van der Waals surface area (Å²) in [6, 6.07) is 8.02. The maximum atomic E-state index is 11.0. The van der Waals surface area contributed by atoms with Gasteiger partial charge in [-0.2, -0.15) is 0 Å². The summed E-state index contributed by atoms with van der Waals surface area (Å²) < 4.78 is 1.03. The Morgan fingerprint density at radius 2 is 2.06 bits per heavy atom. The zero-order valence-corrected chi connectivity index (χ0v) is 10.4. The molecule has 86 valence electrons. The van der Waals surface area contributed by atoms with Gasteiger partial charge < -0.3 is 10.8 Å². The molecule has 4 heteroatoms. The average Bonchev–Trinajstić information content (AvgIpc) is 2.63. The molecular weight excluding hydrogens is 270 g/mol. The lowest BCUT2D eigenvalue weighted by atomic mass is 9.93. The van der Waals surface area contributed by atoms with Gasteiger partial charge in [-0.3, -0.25) is 4.79 Å². The lowest BCUT2D eigenvalue weighted by molar-refractivity contribution is -0.143. The molecule has 3 N–H and O–H groups in total. The van der Waals surface area contributed by atoms with Crippen molar-refractivity contribution in [2.75, 3.05) is 0 Å². The van der Waals surface area contributed by atoms with E-state index in [4.69, 9.17) is 10.8 Å². The molecule has 1 aliphatic carbocycles. The van der Waals surface area contributed by atoms with Crippen LogP contribution in [0.5, 0.6) is 0 Å². The highest BCUT2D eigenvalue weighted by molar-refractivity contribution is 9.10. The Morgan fingerprint density at radius 1 is 1.44 bits per heavy atom. The van der Waals surface area contributed by atoms with Crippen molar-refractivity contribution in [3.05, 3.63) is 34.3 Å². The highest BCUT2D eigenvalue weighted by atomic mass is 79.9. The van der Waals surface area contributed by atoms with Gasteiger partial charge in [0.05, 0.1) is 0 Å². The molecule has 0 amide bonds. The highest BCUT2D eigenvalue weighted by Crippen LogP contribution is 2.39. The van der Waals surface area contributed by atoms with Crippen molar-refractivity contribution in [2.45, 2.75) is 30.7 Å². The quantitative estimate of drug-likeness (QED) is 0.877. The van der Waals surface area contributed by atoms with E-state index >= 15 is 0 Å². The van der Waals surface area contributed by atoms with Gasteiger partial charge in [0.15, 0.2) is 0 Å². The van der Waals surface area contributed by atoms with Gasteiger partial charge in [-0.25, -0.2) is 0 Å². The van der Waals surface area contributed by atoms with Gasteiger partial charge in [-0.15, -0.1) is 0 Å². The first-order chi connectivity index (χ1) is 7.51. The van der Waals surface area contributed by atoms with Gasteiger partial charge in [-0.05, 0) is 42.9 Å². The summed E-state index contributed by atoms with van der Waals surface area (Å²) in [6.07, 6.45) is 1.94. The number of rotatable bonds is 2. The van der Waals surface area contributed by atoms with E-state index in [2.05, 4.69) is 15.9 Å². The Kier molecular flexibility index (Phi) is 3.04. The zero-order chi connectivity index (χ0) is 11.8. The van der Waals surface area contributed by atoms with E-state index in [0.29, 0.717) is 12.8 Å². The number of benzene rings is 1. The fourth-order valence-corrected chi connectivity index (χ4v) is 2.55. The van der Waals surface area contributed by atoms with Crippen LogP contribution in [-0.4, -0.2) is 16.6 Å². The number of hydrogen-bond donors (Lipinski definition) is 2. The number of carboxylic acids is 1. The first-order valence-electron chi connectivity index (χ1n) is 5.29. The molecule has 0 saturated heterocycles. The van der Waals surface area contributed by atoms with E-state index in [-0.39, 0.29) is 5.92 Å². The predicted molar refractivity (Wildman–Crippen MR) is 65.3 cm³/mol. The van der Waals surface area contributed by atoms with Crippen LogP contribution in [0, 0.1) is 0 Å². The molecule has 1 saturated carbocycles. The minimum absolute atomic E-state index is 0.272. The number of carboxylic acid groups (broad SMARTS) is 1. The van der Waals surface area contributed by atoms with Gasteiger partial charge in [0.1, 0.15) is 5.54 Å². The number of halogens is 1. The van der Waals surface area contributed by atoms with Gasteiger partial charge in [0.2, 0.25) is 0 Å². The maximum Gasteiger partial charge on any atom is 0.323 e. The van der Waals surface area contributed by atoms with Crippen molar-refractivity contribution in [3.63, 3.8) is 0 Å². The Morgan fingerprint density at radius 3 is 2.56 bits per heavy atom. The lowest BCUT2D eigenvalue weighted by Crippen LogP contribution is -2.45. The molecule has 0 spiro atoms. The second-order valence-corrected chi connectivity index (χ2v) is 5.37. The summed E-state index contributed by atoms with van der Waals surface area (Å²) in [5, 5.41) is 9.05. The number of aliphatic carboxylic acids is 1. The fraction of sp³-hybridized carbons (Fsp3) is 0.417. The summed E-state index contributed by atoms with van der Waals surface area (Å²) in [5.41, 5.74) is 6.00. The van der Waals surface area contributed by atoms with Crippen molar-refractivity contribution in [2.24, 2.45) is 5.73 Å². The van der Waals surface area contributed by atoms with Crippen LogP contribution in [0.15, 0.2) is 28.7 Å². The number of carbonyl (C=O) groups is 1. The van der Waals surface area contributed by atoms with Crippen LogP contribution in [0.1, 0.15) is 30.7 Å². The van der Waals surface area contributed by atoms with E-state index < -0.39 is 11.5 Å². The van der Waals surface area contributed by atoms with Crippen LogP contribution in [-0.2, 0) is 4.79 Å². The predicted octanol–water partition coefficient (Wildman–Crippen LogP) is 2.50. The zero-order valence-electron chi connectivity index (χ0n) is 8.82. The highest BCUT2D eigenvalue weighted by Gasteiger charge is 2.42. The fourth-order valence-electron chi connectivity index (χ4n) is 2.29. The van der Waals surface area contributed by atoms with Gasteiger partial charge in [0.25, 0.3) is 0 Å². The monoisotopic (exact) mass is 283 g/mol. The van der Waals surface area contributed by atoms with E-state index in [9.17, 15) is 4.79 Å². The Labute approximate surface area is 103 Å². The molecule has 1 aromatic rings. The molecule has 1 aromatic carbocycles. The first-order valence-corrected chi connectivity index (χ1v) is 6.08. The molecule has 0 bridgehead atoms. The third-order valence-electron chi connectivity index (χ3n) is 3.32. The molecule has 0 aromatic heterocycles. The smallest absolute Gasteiger partial charge is 0.323 e. The number of hydrogen-bond acceptors (Lipinski definition) is 2. The van der Waals surface area contributed by atoms with Crippen LogP contribution >= 0.6 is 15.9 Å².